The third-order valence-electron chi connectivity index (χ3n) is 4.27. The summed E-state index contributed by atoms with van der Waals surface area (Å²) >= 11 is 0. The van der Waals surface area contributed by atoms with Gasteiger partial charge in [0.05, 0.1) is 24.1 Å². The van der Waals surface area contributed by atoms with Crippen molar-refractivity contribution in [2.24, 2.45) is 0 Å². The van der Waals surface area contributed by atoms with Crippen LogP contribution in [0.5, 0.6) is 0 Å². The van der Waals surface area contributed by atoms with Crippen LogP contribution in [0.4, 0.5) is 5.95 Å². The number of aromatic nitrogens is 3. The smallest absolute Gasteiger partial charge is 0.223 e. The van der Waals surface area contributed by atoms with Crippen molar-refractivity contribution in [3.63, 3.8) is 0 Å². The van der Waals surface area contributed by atoms with Gasteiger partial charge in [-0.25, -0.2) is 18.4 Å². The van der Waals surface area contributed by atoms with E-state index in [-0.39, 0.29) is 10.8 Å². The van der Waals surface area contributed by atoms with Crippen molar-refractivity contribution in [2.75, 3.05) is 24.7 Å². The molecule has 0 amide bonds. The van der Waals surface area contributed by atoms with E-state index in [1.165, 1.54) is 12.5 Å². The highest BCUT2D eigenvalue weighted by Crippen LogP contribution is 2.27. The van der Waals surface area contributed by atoms with Crippen LogP contribution in [0.1, 0.15) is 35.7 Å². The van der Waals surface area contributed by atoms with Gasteiger partial charge in [-0.15, -0.1) is 0 Å². The molecule has 8 heteroatoms. The van der Waals surface area contributed by atoms with E-state index < -0.39 is 9.84 Å². The molecule has 1 aliphatic heterocycles. The van der Waals surface area contributed by atoms with Crippen molar-refractivity contribution in [1.82, 2.24) is 20.3 Å². The van der Waals surface area contributed by atoms with Crippen LogP contribution in [0.2, 0.25) is 0 Å². The summed E-state index contributed by atoms with van der Waals surface area (Å²) in [5.41, 5.74) is 2.62. The fraction of sp³-hybridized carbons (Fsp3) is 0.471. The molecule has 3 heterocycles. The number of sulfone groups is 1. The van der Waals surface area contributed by atoms with Crippen LogP contribution in [0.15, 0.2) is 29.4 Å². The van der Waals surface area contributed by atoms with Gasteiger partial charge in [0.25, 0.3) is 0 Å². The summed E-state index contributed by atoms with van der Waals surface area (Å²) in [6, 6.07) is 3.93. The lowest BCUT2D eigenvalue weighted by atomic mass is 9.96. The molecule has 0 aromatic carbocycles. The van der Waals surface area contributed by atoms with Gasteiger partial charge in [0, 0.05) is 24.9 Å². The summed E-state index contributed by atoms with van der Waals surface area (Å²) in [4.78, 5) is 13.2. The number of anilines is 1. The number of nitrogens with zero attached hydrogens (tertiary/aromatic N) is 3. The first-order valence-corrected chi connectivity index (χ1v) is 10.3. The molecule has 1 saturated heterocycles. The lowest BCUT2D eigenvalue weighted by Crippen LogP contribution is -2.30. The maximum atomic E-state index is 12.1. The summed E-state index contributed by atoms with van der Waals surface area (Å²) in [5.74, 6) is 0.510. The summed E-state index contributed by atoms with van der Waals surface area (Å²) < 4.78 is 24.2. The van der Waals surface area contributed by atoms with Gasteiger partial charge < -0.3 is 10.6 Å². The fourth-order valence-corrected chi connectivity index (χ4v) is 3.83. The second-order valence-electron chi connectivity index (χ2n) is 6.44. The van der Waals surface area contributed by atoms with Gasteiger partial charge in [0.15, 0.2) is 9.84 Å². The Labute approximate surface area is 148 Å². The van der Waals surface area contributed by atoms with E-state index in [0.717, 1.165) is 37.2 Å². The quantitative estimate of drug-likeness (QED) is 0.836. The monoisotopic (exact) mass is 361 g/mol. The second kappa shape index (κ2) is 7.45. The van der Waals surface area contributed by atoms with E-state index >= 15 is 0 Å². The molecule has 0 bridgehead atoms. The number of pyridine rings is 1. The van der Waals surface area contributed by atoms with Gasteiger partial charge in [-0.05, 0) is 44.0 Å². The minimum Gasteiger partial charge on any atom is -0.349 e. The molecular formula is C17H23N5O2S. The zero-order valence-corrected chi connectivity index (χ0v) is 15.3. The first-order chi connectivity index (χ1) is 11.9. The Morgan fingerprint density at radius 1 is 1.36 bits per heavy atom. The molecule has 7 nitrogen and oxygen atoms in total. The number of rotatable bonds is 5. The lowest BCUT2D eigenvalue weighted by Gasteiger charge is -2.24. The van der Waals surface area contributed by atoms with Crippen LogP contribution in [0.3, 0.4) is 0 Å². The molecule has 1 fully saturated rings. The second-order valence-corrected chi connectivity index (χ2v) is 8.42. The van der Waals surface area contributed by atoms with Crippen molar-refractivity contribution in [2.45, 2.75) is 37.1 Å². The Hall–Kier alpha value is -2.06. The molecule has 0 saturated carbocycles. The van der Waals surface area contributed by atoms with Gasteiger partial charge in [0.1, 0.15) is 4.90 Å². The first-order valence-electron chi connectivity index (χ1n) is 8.36. The molecule has 2 N–H and O–H groups in total. The number of hydrogen-bond acceptors (Lipinski definition) is 7. The molecule has 0 aliphatic carbocycles. The highest BCUT2D eigenvalue weighted by Gasteiger charge is 2.25. The topological polar surface area (TPSA) is 96.9 Å². The number of aryl methyl sites for hydroxylation is 1. The Morgan fingerprint density at radius 2 is 2.20 bits per heavy atom. The maximum absolute atomic E-state index is 12.1. The standard InChI is InChI=1S/C17H23N5O2S/c1-12-5-7-19-14(8-12)10-20-17-21-11-15(25(2,23)24)16(22-17)13-4-3-6-18-9-13/h5,7-8,11,13,18H,3-4,6,9-10H2,1-2H3,(H,20,21,22)/t13-/m1/s1. The van der Waals surface area contributed by atoms with Gasteiger partial charge >= 0.3 is 0 Å². The lowest BCUT2D eigenvalue weighted by molar-refractivity contribution is 0.448. The molecular weight excluding hydrogens is 338 g/mol. The molecule has 0 spiro atoms. The predicted molar refractivity (Wildman–Crippen MR) is 96.3 cm³/mol. The summed E-state index contributed by atoms with van der Waals surface area (Å²) in [6.45, 7) is 4.19. The molecule has 1 atom stereocenters. The van der Waals surface area contributed by atoms with Crippen molar-refractivity contribution >= 4 is 15.8 Å². The molecule has 2 aromatic heterocycles. The van der Waals surface area contributed by atoms with Crippen molar-refractivity contribution in [3.05, 3.63) is 41.5 Å². The third kappa shape index (κ3) is 4.52. The molecule has 2 aromatic rings. The van der Waals surface area contributed by atoms with Crippen molar-refractivity contribution in [1.29, 1.82) is 0 Å². The van der Waals surface area contributed by atoms with Crippen LogP contribution in [-0.2, 0) is 16.4 Å². The van der Waals surface area contributed by atoms with Gasteiger partial charge in [-0.2, -0.15) is 0 Å². The Balaban J connectivity index is 1.85. The van der Waals surface area contributed by atoms with Crippen LogP contribution >= 0.6 is 0 Å². The molecule has 0 unspecified atom stereocenters. The SMILES string of the molecule is Cc1ccnc(CNc2ncc(S(C)(=O)=O)c([C@@H]3CCCNC3)n2)c1. The number of piperidine rings is 1. The van der Waals surface area contributed by atoms with Crippen LogP contribution in [-0.4, -0.2) is 42.7 Å². The third-order valence-corrected chi connectivity index (χ3v) is 5.38. The number of nitrogens with one attached hydrogen (secondary N) is 2. The van der Waals surface area contributed by atoms with Gasteiger partial charge in [-0.1, -0.05) is 0 Å². The minimum atomic E-state index is -3.37. The minimum absolute atomic E-state index is 0.0825. The van der Waals surface area contributed by atoms with Gasteiger partial charge in [-0.3, -0.25) is 4.98 Å². The average Bonchev–Trinajstić information content (AvgIpc) is 2.60. The van der Waals surface area contributed by atoms with E-state index in [4.69, 9.17) is 0 Å². The molecule has 3 rings (SSSR count). The van der Waals surface area contributed by atoms with E-state index in [9.17, 15) is 8.42 Å². The predicted octanol–water partition coefficient (Wildman–Crippen LogP) is 1.66. The Bertz CT molecular complexity index is 848. The molecule has 1 aliphatic rings. The molecule has 0 radical (unpaired) electrons. The highest BCUT2D eigenvalue weighted by molar-refractivity contribution is 7.90. The number of hydrogen-bond donors (Lipinski definition) is 2. The molecule has 25 heavy (non-hydrogen) atoms. The first kappa shape index (κ1) is 17.8. The van der Waals surface area contributed by atoms with Crippen LogP contribution < -0.4 is 10.6 Å². The van der Waals surface area contributed by atoms with Gasteiger partial charge in [0.2, 0.25) is 5.95 Å². The summed E-state index contributed by atoms with van der Waals surface area (Å²) in [5, 5.41) is 6.46. The van der Waals surface area contributed by atoms with Crippen LogP contribution in [0.25, 0.3) is 0 Å². The summed E-state index contributed by atoms with van der Waals surface area (Å²) in [7, 11) is -3.37. The zero-order chi connectivity index (χ0) is 17.9. The fourth-order valence-electron chi connectivity index (χ4n) is 3.00. The normalized spacial score (nSPS) is 18.1. The van der Waals surface area contributed by atoms with E-state index in [1.807, 2.05) is 19.1 Å². The maximum Gasteiger partial charge on any atom is 0.223 e. The van der Waals surface area contributed by atoms with Crippen molar-refractivity contribution in [3.8, 4) is 0 Å². The van der Waals surface area contributed by atoms with E-state index in [0.29, 0.717) is 18.2 Å². The average molecular weight is 361 g/mol. The Kier molecular flexibility index (Phi) is 5.29. The zero-order valence-electron chi connectivity index (χ0n) is 14.5. The van der Waals surface area contributed by atoms with Crippen LogP contribution in [0, 0.1) is 6.92 Å². The van der Waals surface area contributed by atoms with E-state index in [1.54, 1.807) is 6.20 Å². The summed E-state index contributed by atoms with van der Waals surface area (Å²) in [6.07, 6.45) is 6.31. The highest BCUT2D eigenvalue weighted by atomic mass is 32.2. The molecule has 134 valence electrons. The van der Waals surface area contributed by atoms with E-state index in [2.05, 4.69) is 25.6 Å². The Morgan fingerprint density at radius 3 is 2.88 bits per heavy atom. The van der Waals surface area contributed by atoms with Crippen molar-refractivity contribution < 1.29 is 8.42 Å². The largest absolute Gasteiger partial charge is 0.349 e.